The number of benzene rings is 1. The van der Waals surface area contributed by atoms with Crippen LogP contribution in [-0.4, -0.2) is 77.6 Å². The summed E-state index contributed by atoms with van der Waals surface area (Å²) in [4.78, 5) is 37.5. The van der Waals surface area contributed by atoms with Crippen molar-refractivity contribution in [2.45, 2.75) is 88.5 Å². The van der Waals surface area contributed by atoms with Crippen molar-refractivity contribution in [3.05, 3.63) is 59.3 Å². The number of aromatic nitrogens is 1. The van der Waals surface area contributed by atoms with Gasteiger partial charge in [0, 0.05) is 25.3 Å². The van der Waals surface area contributed by atoms with E-state index in [1.807, 2.05) is 30.0 Å². The molecule has 2 bridgehead atoms. The van der Waals surface area contributed by atoms with Gasteiger partial charge in [0.25, 0.3) is 0 Å². The van der Waals surface area contributed by atoms with E-state index in [4.69, 9.17) is 4.74 Å². The topological polar surface area (TPSA) is 66.0 Å². The molecule has 236 valence electrons. The first kappa shape index (κ1) is 29.6. The molecule has 44 heavy (non-hydrogen) atoms. The highest BCUT2D eigenvalue weighted by molar-refractivity contribution is 5.89. The van der Waals surface area contributed by atoms with Gasteiger partial charge in [-0.3, -0.25) is 4.79 Å². The largest absolute Gasteiger partial charge is 0.462 e. The maximum atomic E-state index is 14.4. The van der Waals surface area contributed by atoms with Crippen molar-refractivity contribution < 1.29 is 27.5 Å². The smallest absolute Gasteiger partial charge is 0.416 e. The number of amides is 1. The lowest BCUT2D eigenvalue weighted by Crippen LogP contribution is -2.54. The van der Waals surface area contributed by atoms with Crippen molar-refractivity contribution in [3.8, 4) is 0 Å². The summed E-state index contributed by atoms with van der Waals surface area (Å²) in [5.74, 6) is 1.18. The summed E-state index contributed by atoms with van der Waals surface area (Å²) in [5.41, 5.74) is 0.820. The maximum absolute atomic E-state index is 14.4. The average molecular weight is 611 g/mol. The third kappa shape index (κ3) is 5.16. The minimum atomic E-state index is -4.40. The molecular weight excluding hydrogens is 569 g/mol. The van der Waals surface area contributed by atoms with Gasteiger partial charge in [-0.25, -0.2) is 9.78 Å². The predicted molar refractivity (Wildman–Crippen MR) is 159 cm³/mol. The Labute approximate surface area is 256 Å². The SMILES string of the molecule is CCOC(=O)c1cccc(C2CCN([C@H]3C[C@H]4CCC[C@@]4(C(=O)N4C[C@@H]5CC4CN5c4cc(C(F)(F)F)ccn4)C3)CC2)c1. The number of rotatable bonds is 6. The van der Waals surface area contributed by atoms with E-state index in [-0.39, 0.29) is 29.4 Å². The van der Waals surface area contributed by atoms with Gasteiger partial charge >= 0.3 is 12.1 Å². The Hall–Kier alpha value is -3.14. The Bertz CT molecular complexity index is 1410. The van der Waals surface area contributed by atoms with Crippen molar-refractivity contribution in [2.75, 3.05) is 37.7 Å². The molecule has 7 nitrogen and oxygen atoms in total. The number of esters is 1. The normalized spacial score (nSPS) is 30.6. The Morgan fingerprint density at radius 3 is 2.57 bits per heavy atom. The van der Waals surface area contributed by atoms with Crippen molar-refractivity contribution in [1.29, 1.82) is 0 Å². The number of nitrogens with zero attached hydrogens (tertiary/aromatic N) is 4. The second-order valence-electron chi connectivity index (χ2n) is 13.5. The molecule has 10 heteroatoms. The van der Waals surface area contributed by atoms with E-state index in [1.165, 1.54) is 11.8 Å². The number of fused-ring (bicyclic) bond motifs is 3. The number of hydrogen-bond donors (Lipinski definition) is 0. The van der Waals surface area contributed by atoms with Gasteiger partial charge in [-0.05, 0) is 107 Å². The molecule has 2 aliphatic carbocycles. The predicted octanol–water partition coefficient (Wildman–Crippen LogP) is 5.90. The molecule has 2 saturated carbocycles. The van der Waals surface area contributed by atoms with Gasteiger partial charge < -0.3 is 19.4 Å². The molecule has 0 spiro atoms. The molecule has 5 aliphatic rings. The number of carbonyl (C=O) groups is 2. The van der Waals surface area contributed by atoms with Crippen LogP contribution in [0.5, 0.6) is 0 Å². The van der Waals surface area contributed by atoms with Gasteiger partial charge in [0.2, 0.25) is 5.91 Å². The van der Waals surface area contributed by atoms with Crippen LogP contribution in [-0.2, 0) is 15.7 Å². The Balaban J connectivity index is 0.985. The molecule has 3 saturated heterocycles. The Kier molecular flexibility index (Phi) is 7.62. The van der Waals surface area contributed by atoms with E-state index < -0.39 is 11.7 Å². The number of piperidine rings is 1. The lowest BCUT2D eigenvalue weighted by Gasteiger charge is -2.41. The minimum Gasteiger partial charge on any atom is -0.462 e. The van der Waals surface area contributed by atoms with E-state index in [0.29, 0.717) is 49.0 Å². The van der Waals surface area contributed by atoms with E-state index in [0.717, 1.165) is 76.6 Å². The van der Waals surface area contributed by atoms with E-state index in [2.05, 4.69) is 20.9 Å². The number of likely N-dealkylation sites (tertiary alicyclic amines) is 2. The van der Waals surface area contributed by atoms with Crippen LogP contribution in [0.2, 0.25) is 0 Å². The molecule has 7 rings (SSSR count). The second-order valence-corrected chi connectivity index (χ2v) is 13.5. The van der Waals surface area contributed by atoms with Crippen LogP contribution in [0.3, 0.4) is 0 Å². The fraction of sp³-hybridized carbons (Fsp3) is 0.618. The van der Waals surface area contributed by atoms with Gasteiger partial charge in [-0.2, -0.15) is 13.2 Å². The molecule has 0 radical (unpaired) electrons. The summed E-state index contributed by atoms with van der Waals surface area (Å²) in [6.45, 7) is 5.27. The summed E-state index contributed by atoms with van der Waals surface area (Å²) < 4.78 is 45.1. The zero-order valence-electron chi connectivity index (χ0n) is 25.3. The average Bonchev–Trinajstić information content (AvgIpc) is 3.81. The molecule has 5 atom stereocenters. The number of anilines is 1. The number of pyridine rings is 1. The Morgan fingerprint density at radius 2 is 1.84 bits per heavy atom. The fourth-order valence-electron chi connectivity index (χ4n) is 9.20. The van der Waals surface area contributed by atoms with Gasteiger partial charge in [0.1, 0.15) is 5.82 Å². The van der Waals surface area contributed by atoms with Crippen LogP contribution in [0.1, 0.15) is 85.7 Å². The van der Waals surface area contributed by atoms with Crippen molar-refractivity contribution >= 4 is 17.7 Å². The number of ether oxygens (including phenoxy) is 1. The van der Waals surface area contributed by atoms with E-state index >= 15 is 0 Å². The van der Waals surface area contributed by atoms with E-state index in [9.17, 15) is 22.8 Å². The molecule has 2 aromatic rings. The van der Waals surface area contributed by atoms with Crippen LogP contribution in [0, 0.1) is 11.3 Å². The van der Waals surface area contributed by atoms with Crippen molar-refractivity contribution in [2.24, 2.45) is 11.3 Å². The first-order valence-corrected chi connectivity index (χ1v) is 16.3. The third-order valence-electron chi connectivity index (χ3n) is 11.3. The molecule has 1 amide bonds. The van der Waals surface area contributed by atoms with Gasteiger partial charge in [-0.1, -0.05) is 18.6 Å². The second kappa shape index (κ2) is 11.3. The Morgan fingerprint density at radius 1 is 1.02 bits per heavy atom. The minimum absolute atomic E-state index is 0.00902. The van der Waals surface area contributed by atoms with Gasteiger partial charge in [-0.15, -0.1) is 0 Å². The number of alkyl halides is 3. The van der Waals surface area contributed by atoms with Gasteiger partial charge in [0.15, 0.2) is 0 Å². The van der Waals surface area contributed by atoms with Crippen LogP contribution in [0.15, 0.2) is 42.6 Å². The summed E-state index contributed by atoms with van der Waals surface area (Å²) in [6.07, 6.45) is 4.79. The summed E-state index contributed by atoms with van der Waals surface area (Å²) >= 11 is 0. The fourth-order valence-corrected chi connectivity index (χ4v) is 9.20. The summed E-state index contributed by atoms with van der Waals surface area (Å²) in [5, 5.41) is 0. The lowest BCUT2D eigenvalue weighted by molar-refractivity contribution is -0.144. The highest BCUT2D eigenvalue weighted by Crippen LogP contribution is 2.57. The van der Waals surface area contributed by atoms with E-state index in [1.54, 1.807) is 0 Å². The standard InChI is InChI=1S/C34H41F3N4O3/c1-2-44-31(42)24-6-3-5-23(15-24)22-9-13-39(14-10-22)27-16-25-7-4-11-33(25,19-27)32(43)41-21-28-18-29(41)20-40(28)30-17-26(8-12-38-30)34(35,36)37/h3,5-6,8,12,15,17,22,25,27-29H,2,4,7,9-11,13-14,16,18-21H2,1H3/t25-,27+,28+,29?,33-/m1/s1. The molecule has 1 aromatic carbocycles. The maximum Gasteiger partial charge on any atom is 0.416 e. The number of hydrogen-bond acceptors (Lipinski definition) is 6. The zero-order chi connectivity index (χ0) is 30.6. The van der Waals surface area contributed by atoms with Crippen LogP contribution in [0.25, 0.3) is 0 Å². The van der Waals surface area contributed by atoms with Crippen molar-refractivity contribution in [1.82, 2.24) is 14.8 Å². The lowest BCUT2D eigenvalue weighted by atomic mass is 9.78. The first-order valence-electron chi connectivity index (χ1n) is 16.3. The van der Waals surface area contributed by atoms with Crippen LogP contribution < -0.4 is 4.90 Å². The molecule has 1 unspecified atom stereocenters. The number of halogens is 3. The number of carbonyl (C=O) groups excluding carboxylic acids is 2. The quantitative estimate of drug-likeness (QED) is 0.380. The number of piperazine rings is 1. The monoisotopic (exact) mass is 610 g/mol. The zero-order valence-corrected chi connectivity index (χ0v) is 25.3. The summed E-state index contributed by atoms with van der Waals surface area (Å²) in [7, 11) is 0. The third-order valence-corrected chi connectivity index (χ3v) is 11.3. The highest BCUT2D eigenvalue weighted by atomic mass is 19.4. The van der Waals surface area contributed by atoms with Gasteiger partial charge in [0.05, 0.1) is 35.2 Å². The summed E-state index contributed by atoms with van der Waals surface area (Å²) in [6, 6.07) is 10.5. The molecule has 1 aromatic heterocycles. The first-order chi connectivity index (χ1) is 21.2. The van der Waals surface area contributed by atoms with Crippen LogP contribution >= 0.6 is 0 Å². The molecule has 0 N–H and O–H groups in total. The molecule has 4 heterocycles. The molecular formula is C34H41F3N4O3. The highest BCUT2D eigenvalue weighted by Gasteiger charge is 2.59. The van der Waals surface area contributed by atoms with Crippen LogP contribution in [0.4, 0.5) is 19.0 Å². The molecule has 3 aliphatic heterocycles. The van der Waals surface area contributed by atoms with Crippen molar-refractivity contribution in [3.63, 3.8) is 0 Å². The molecule has 5 fully saturated rings.